The van der Waals surface area contributed by atoms with Gasteiger partial charge in [-0.15, -0.1) is 0 Å². The van der Waals surface area contributed by atoms with Gasteiger partial charge in [-0.05, 0) is 58.3 Å². The normalized spacial score (nSPS) is 38.7. The molecule has 0 aliphatic heterocycles. The lowest BCUT2D eigenvalue weighted by Crippen LogP contribution is -2.55. The second kappa shape index (κ2) is 5.94. The fraction of sp³-hybridized carbons (Fsp3) is 0.842. The number of ether oxygens (including phenoxy) is 1. The number of aliphatic hydroxyl groups is 1. The minimum absolute atomic E-state index is 0.0198. The first-order valence-corrected chi connectivity index (χ1v) is 9.22. The Hall–Kier alpha value is -1.23. The van der Waals surface area contributed by atoms with Gasteiger partial charge in [-0.3, -0.25) is 14.4 Å². The third-order valence-electron chi connectivity index (χ3n) is 7.15. The number of esters is 1. The first-order chi connectivity index (χ1) is 11.3. The molecule has 5 nitrogen and oxygen atoms in total. The third-order valence-corrected chi connectivity index (χ3v) is 7.15. The molecule has 3 fully saturated rings. The van der Waals surface area contributed by atoms with Crippen LogP contribution in [0.1, 0.15) is 71.6 Å². The van der Waals surface area contributed by atoms with Crippen LogP contribution in [0.25, 0.3) is 0 Å². The lowest BCUT2D eigenvalue weighted by atomic mass is 9.54. The van der Waals surface area contributed by atoms with Gasteiger partial charge >= 0.3 is 5.97 Å². The van der Waals surface area contributed by atoms with Gasteiger partial charge in [0.05, 0.1) is 23.0 Å². The van der Waals surface area contributed by atoms with E-state index in [4.69, 9.17) is 4.74 Å². The highest BCUT2D eigenvalue weighted by Crippen LogP contribution is 2.59. The summed E-state index contributed by atoms with van der Waals surface area (Å²) in [4.78, 5) is 36.8. The smallest absolute Gasteiger partial charge is 0.312 e. The van der Waals surface area contributed by atoms with Crippen LogP contribution in [0.5, 0.6) is 0 Å². The van der Waals surface area contributed by atoms with Gasteiger partial charge in [0.2, 0.25) is 0 Å². The first-order valence-electron chi connectivity index (χ1n) is 9.22. The molecule has 0 amide bonds. The fourth-order valence-corrected chi connectivity index (χ4v) is 5.30. The lowest BCUT2D eigenvalue weighted by molar-refractivity contribution is -0.173. The summed E-state index contributed by atoms with van der Waals surface area (Å²) in [5, 5.41) is 11.2. The zero-order valence-electron chi connectivity index (χ0n) is 14.7. The third kappa shape index (κ3) is 2.43. The predicted octanol–water partition coefficient (Wildman–Crippen LogP) is 2.58. The number of fused-ring (bicyclic) bond motifs is 1. The molecular weight excluding hydrogens is 308 g/mol. The molecule has 0 spiro atoms. The van der Waals surface area contributed by atoms with Gasteiger partial charge in [0.15, 0.2) is 0 Å². The molecule has 0 aromatic carbocycles. The van der Waals surface area contributed by atoms with Gasteiger partial charge in [0.1, 0.15) is 11.6 Å². The van der Waals surface area contributed by atoms with Crippen molar-refractivity contribution in [2.75, 3.05) is 6.61 Å². The fourth-order valence-electron chi connectivity index (χ4n) is 5.30. The number of rotatable bonds is 3. The molecule has 0 bridgehead atoms. The monoisotopic (exact) mass is 336 g/mol. The molecule has 3 rings (SSSR count). The van der Waals surface area contributed by atoms with E-state index in [2.05, 4.69) is 0 Å². The highest BCUT2D eigenvalue weighted by Gasteiger charge is 2.62. The van der Waals surface area contributed by atoms with Crippen LogP contribution in [0.2, 0.25) is 0 Å². The van der Waals surface area contributed by atoms with E-state index in [9.17, 15) is 19.5 Å². The van der Waals surface area contributed by atoms with E-state index in [0.29, 0.717) is 58.0 Å². The highest BCUT2D eigenvalue weighted by atomic mass is 16.5. The van der Waals surface area contributed by atoms with Gasteiger partial charge < -0.3 is 9.84 Å². The van der Waals surface area contributed by atoms with Crippen LogP contribution < -0.4 is 0 Å². The van der Waals surface area contributed by atoms with Gasteiger partial charge in [0, 0.05) is 19.3 Å². The molecule has 0 unspecified atom stereocenters. The molecule has 0 radical (unpaired) electrons. The summed E-state index contributed by atoms with van der Waals surface area (Å²) >= 11 is 0. The van der Waals surface area contributed by atoms with Crippen LogP contribution in [-0.4, -0.2) is 34.9 Å². The van der Waals surface area contributed by atoms with Crippen LogP contribution in [0.3, 0.4) is 0 Å². The lowest BCUT2D eigenvalue weighted by Gasteiger charge is -2.51. The van der Waals surface area contributed by atoms with Crippen molar-refractivity contribution in [1.82, 2.24) is 0 Å². The minimum Gasteiger partial charge on any atom is -0.466 e. The van der Waals surface area contributed by atoms with Gasteiger partial charge in [-0.1, -0.05) is 0 Å². The van der Waals surface area contributed by atoms with Crippen molar-refractivity contribution < 1.29 is 24.2 Å². The second-order valence-electron chi connectivity index (χ2n) is 8.14. The van der Waals surface area contributed by atoms with E-state index in [1.807, 2.05) is 6.92 Å². The van der Waals surface area contributed by atoms with Crippen molar-refractivity contribution in [2.24, 2.45) is 16.7 Å². The Morgan fingerprint density at radius 1 is 1.17 bits per heavy atom. The molecular formula is C19H28O5. The molecule has 24 heavy (non-hydrogen) atoms. The summed E-state index contributed by atoms with van der Waals surface area (Å²) < 4.78 is 5.36. The molecule has 3 atom stereocenters. The zero-order valence-corrected chi connectivity index (χ0v) is 14.7. The Bertz CT molecular complexity index is 558. The molecule has 3 saturated carbocycles. The molecule has 134 valence electrons. The van der Waals surface area contributed by atoms with Crippen molar-refractivity contribution in [3.63, 3.8) is 0 Å². The molecule has 0 aromatic rings. The average molecular weight is 336 g/mol. The molecule has 5 heteroatoms. The van der Waals surface area contributed by atoms with Gasteiger partial charge in [0.25, 0.3) is 0 Å². The quantitative estimate of drug-likeness (QED) is 0.801. The molecule has 3 aliphatic carbocycles. The number of hydrogen-bond donors (Lipinski definition) is 1. The molecule has 3 aliphatic rings. The summed E-state index contributed by atoms with van der Waals surface area (Å²) in [5.74, 6) is 0.102. The van der Waals surface area contributed by atoms with Gasteiger partial charge in [-0.2, -0.15) is 0 Å². The Morgan fingerprint density at radius 3 is 2.46 bits per heavy atom. The Morgan fingerprint density at radius 2 is 1.83 bits per heavy atom. The topological polar surface area (TPSA) is 80.7 Å². The number of Topliss-reactive ketones (excluding diaryl/α,β-unsaturated/α-hetero) is 2. The predicted molar refractivity (Wildman–Crippen MR) is 87.2 cm³/mol. The zero-order chi connectivity index (χ0) is 17.6. The van der Waals surface area contributed by atoms with E-state index in [-0.39, 0.29) is 23.5 Å². The number of carbonyl (C=O) groups is 3. The standard InChI is InChI=1S/C19H28O5/c1-3-24-16(22)18(9-5-14(20)6-10-18)13-4-8-17(2)15(21)7-11-19(17,23)12-13/h13,23H,3-12H2,1-2H3/t13-,17+,19-/m0/s1. The summed E-state index contributed by atoms with van der Waals surface area (Å²) in [6.45, 7) is 3.99. The van der Waals surface area contributed by atoms with E-state index >= 15 is 0 Å². The Kier molecular flexibility index (Phi) is 4.35. The SMILES string of the molecule is CCOC(=O)C1([C@H]2CC[C@]3(C)C(=O)CC[C@]3(O)C2)CCC(=O)CC1. The maximum Gasteiger partial charge on any atom is 0.312 e. The number of carbonyl (C=O) groups excluding carboxylic acids is 3. The molecule has 0 heterocycles. The summed E-state index contributed by atoms with van der Waals surface area (Å²) in [6, 6.07) is 0. The maximum absolute atomic E-state index is 12.8. The van der Waals surface area contributed by atoms with Crippen molar-refractivity contribution in [1.29, 1.82) is 0 Å². The van der Waals surface area contributed by atoms with E-state index in [0.717, 1.165) is 6.42 Å². The molecule has 0 aromatic heterocycles. The minimum atomic E-state index is -1.02. The second-order valence-corrected chi connectivity index (χ2v) is 8.14. The van der Waals surface area contributed by atoms with Crippen molar-refractivity contribution in [2.45, 2.75) is 77.2 Å². The van der Waals surface area contributed by atoms with E-state index < -0.39 is 16.4 Å². The van der Waals surface area contributed by atoms with Gasteiger partial charge in [-0.25, -0.2) is 0 Å². The van der Waals surface area contributed by atoms with Crippen molar-refractivity contribution >= 4 is 17.5 Å². The van der Waals surface area contributed by atoms with E-state index in [1.54, 1.807) is 6.92 Å². The van der Waals surface area contributed by atoms with Crippen LogP contribution in [-0.2, 0) is 19.1 Å². The highest BCUT2D eigenvalue weighted by molar-refractivity contribution is 5.89. The van der Waals surface area contributed by atoms with Crippen molar-refractivity contribution in [3.8, 4) is 0 Å². The summed E-state index contributed by atoms with van der Waals surface area (Å²) in [5.41, 5.74) is -2.37. The Labute approximate surface area is 143 Å². The maximum atomic E-state index is 12.8. The average Bonchev–Trinajstić information content (AvgIpc) is 2.79. The summed E-state index contributed by atoms with van der Waals surface area (Å²) in [7, 11) is 0. The Balaban J connectivity index is 1.88. The summed E-state index contributed by atoms with van der Waals surface area (Å²) in [6.07, 6.45) is 4.54. The van der Waals surface area contributed by atoms with Crippen LogP contribution in [0, 0.1) is 16.7 Å². The van der Waals surface area contributed by atoms with Crippen molar-refractivity contribution in [3.05, 3.63) is 0 Å². The van der Waals surface area contributed by atoms with Crippen LogP contribution in [0.4, 0.5) is 0 Å². The molecule has 1 N–H and O–H groups in total. The van der Waals surface area contributed by atoms with Crippen LogP contribution in [0.15, 0.2) is 0 Å². The largest absolute Gasteiger partial charge is 0.466 e. The first kappa shape index (κ1) is 17.6. The number of hydrogen-bond acceptors (Lipinski definition) is 5. The number of ketones is 2. The van der Waals surface area contributed by atoms with Crippen LogP contribution >= 0.6 is 0 Å². The van der Waals surface area contributed by atoms with E-state index in [1.165, 1.54) is 0 Å². The molecule has 0 saturated heterocycles.